The first-order chi connectivity index (χ1) is 6.92. The minimum Gasteiger partial charge on any atom is -0.493 e. The molecule has 2 rings (SSSR count). The van der Waals surface area contributed by atoms with Crippen LogP contribution in [0.3, 0.4) is 0 Å². The molecule has 0 atom stereocenters. The quantitative estimate of drug-likeness (QED) is 0.765. The number of nitrogens with one attached hydrogen (secondary N) is 1. The van der Waals surface area contributed by atoms with Gasteiger partial charge in [0.05, 0.1) is 7.11 Å². The Hall–Kier alpha value is -1.29. The molecule has 2 heterocycles. The summed E-state index contributed by atoms with van der Waals surface area (Å²) in [6.07, 6.45) is 4.21. The molecule has 0 bridgehead atoms. The Morgan fingerprint density at radius 2 is 2.43 bits per heavy atom. The van der Waals surface area contributed by atoms with Gasteiger partial charge in [-0.2, -0.15) is 0 Å². The zero-order valence-electron chi connectivity index (χ0n) is 8.36. The molecule has 4 nitrogen and oxygen atoms in total. The van der Waals surface area contributed by atoms with Crippen molar-refractivity contribution in [1.82, 2.24) is 10.4 Å². The fourth-order valence-electron chi connectivity index (χ4n) is 1.61. The molecule has 1 aromatic heterocycles. The Bertz CT molecular complexity index is 297. The molecule has 14 heavy (non-hydrogen) atoms. The molecule has 0 aromatic carbocycles. The summed E-state index contributed by atoms with van der Waals surface area (Å²) < 4.78 is 5.25. The largest absolute Gasteiger partial charge is 0.493 e. The van der Waals surface area contributed by atoms with Gasteiger partial charge in [-0.1, -0.05) is 0 Å². The summed E-state index contributed by atoms with van der Waals surface area (Å²) in [5.74, 6) is 1.71. The number of hydrazine groups is 1. The molecule has 1 fully saturated rings. The SMILES string of the molecule is COc1cccnc1N1CCCCN1. The monoisotopic (exact) mass is 193 g/mol. The first-order valence-corrected chi connectivity index (χ1v) is 4.92. The molecule has 1 saturated heterocycles. The number of nitrogens with zero attached hydrogens (tertiary/aromatic N) is 2. The second kappa shape index (κ2) is 4.28. The number of pyridine rings is 1. The fourth-order valence-corrected chi connectivity index (χ4v) is 1.61. The Morgan fingerprint density at radius 3 is 3.14 bits per heavy atom. The first kappa shape index (κ1) is 9.27. The van der Waals surface area contributed by atoms with Gasteiger partial charge in [-0.05, 0) is 25.0 Å². The van der Waals surface area contributed by atoms with Crippen LogP contribution in [-0.4, -0.2) is 25.2 Å². The number of methoxy groups -OCH3 is 1. The lowest BCUT2D eigenvalue weighted by molar-refractivity contribution is 0.406. The lowest BCUT2D eigenvalue weighted by Gasteiger charge is -2.29. The summed E-state index contributed by atoms with van der Waals surface area (Å²) in [5, 5.41) is 2.06. The lowest BCUT2D eigenvalue weighted by atomic mass is 10.2. The van der Waals surface area contributed by atoms with Crippen molar-refractivity contribution in [2.75, 3.05) is 25.2 Å². The topological polar surface area (TPSA) is 37.4 Å². The highest BCUT2D eigenvalue weighted by Crippen LogP contribution is 2.24. The molecule has 1 aromatic rings. The van der Waals surface area contributed by atoms with E-state index in [4.69, 9.17) is 4.74 Å². The summed E-state index contributed by atoms with van der Waals surface area (Å²) in [5.41, 5.74) is 3.30. The predicted octanol–water partition coefficient (Wildman–Crippen LogP) is 1.19. The Morgan fingerprint density at radius 1 is 1.50 bits per heavy atom. The highest BCUT2D eigenvalue weighted by molar-refractivity contribution is 5.51. The fraction of sp³-hybridized carbons (Fsp3) is 0.500. The molecule has 0 aliphatic carbocycles. The number of anilines is 1. The number of ether oxygens (including phenoxy) is 1. The van der Waals surface area contributed by atoms with Crippen molar-refractivity contribution in [2.45, 2.75) is 12.8 Å². The standard InChI is InChI=1S/C10H15N3O/c1-14-9-5-4-6-11-10(9)13-8-3-2-7-12-13/h4-6,12H,2-3,7-8H2,1H3. The molecular formula is C10H15N3O. The maximum Gasteiger partial charge on any atom is 0.185 e. The van der Waals surface area contributed by atoms with E-state index in [-0.39, 0.29) is 0 Å². The summed E-state index contributed by atoms with van der Waals surface area (Å²) in [7, 11) is 1.67. The van der Waals surface area contributed by atoms with E-state index in [2.05, 4.69) is 15.4 Å². The summed E-state index contributed by atoms with van der Waals surface area (Å²) in [6.45, 7) is 2.01. The zero-order valence-corrected chi connectivity index (χ0v) is 8.36. The summed E-state index contributed by atoms with van der Waals surface area (Å²) in [4.78, 5) is 4.31. The van der Waals surface area contributed by atoms with Crippen LogP contribution in [0.15, 0.2) is 18.3 Å². The minimum absolute atomic E-state index is 0.821. The second-order valence-corrected chi connectivity index (χ2v) is 3.30. The number of aromatic nitrogens is 1. The van der Waals surface area contributed by atoms with Crippen LogP contribution < -0.4 is 15.2 Å². The van der Waals surface area contributed by atoms with E-state index in [1.807, 2.05) is 12.1 Å². The highest BCUT2D eigenvalue weighted by atomic mass is 16.5. The molecule has 1 N–H and O–H groups in total. The second-order valence-electron chi connectivity index (χ2n) is 3.30. The van der Waals surface area contributed by atoms with Crippen molar-refractivity contribution in [1.29, 1.82) is 0 Å². The van der Waals surface area contributed by atoms with Gasteiger partial charge in [0.15, 0.2) is 11.6 Å². The van der Waals surface area contributed by atoms with Crippen molar-refractivity contribution < 1.29 is 4.74 Å². The first-order valence-electron chi connectivity index (χ1n) is 4.92. The van der Waals surface area contributed by atoms with E-state index in [1.54, 1.807) is 13.3 Å². The van der Waals surface area contributed by atoms with E-state index in [1.165, 1.54) is 12.8 Å². The average molecular weight is 193 g/mol. The van der Waals surface area contributed by atoms with Crippen LogP contribution >= 0.6 is 0 Å². The maximum atomic E-state index is 5.25. The van der Waals surface area contributed by atoms with Crippen LogP contribution in [0.2, 0.25) is 0 Å². The van der Waals surface area contributed by atoms with Gasteiger partial charge in [-0.3, -0.25) is 5.01 Å². The summed E-state index contributed by atoms with van der Waals surface area (Å²) in [6, 6.07) is 3.81. The van der Waals surface area contributed by atoms with Crippen LogP contribution in [0.1, 0.15) is 12.8 Å². The van der Waals surface area contributed by atoms with E-state index >= 15 is 0 Å². The number of rotatable bonds is 2. The Labute approximate surface area is 83.9 Å². The number of hydrogen-bond donors (Lipinski definition) is 1. The van der Waals surface area contributed by atoms with Crippen LogP contribution in [-0.2, 0) is 0 Å². The number of hydrogen-bond acceptors (Lipinski definition) is 4. The molecule has 0 unspecified atom stereocenters. The third-order valence-corrected chi connectivity index (χ3v) is 2.34. The molecule has 76 valence electrons. The van der Waals surface area contributed by atoms with Gasteiger partial charge in [-0.25, -0.2) is 10.4 Å². The van der Waals surface area contributed by atoms with Gasteiger partial charge in [0.1, 0.15) is 0 Å². The zero-order chi connectivity index (χ0) is 9.80. The van der Waals surface area contributed by atoms with Gasteiger partial charge < -0.3 is 4.74 Å². The van der Waals surface area contributed by atoms with Gasteiger partial charge in [0.25, 0.3) is 0 Å². The molecule has 1 aliphatic heterocycles. The van der Waals surface area contributed by atoms with Crippen molar-refractivity contribution in [2.24, 2.45) is 0 Å². The van der Waals surface area contributed by atoms with Crippen molar-refractivity contribution in [3.8, 4) is 5.75 Å². The Kier molecular flexibility index (Phi) is 2.84. The van der Waals surface area contributed by atoms with Crippen LogP contribution in [0, 0.1) is 0 Å². The average Bonchev–Trinajstić information content (AvgIpc) is 2.30. The van der Waals surface area contributed by atoms with Crippen molar-refractivity contribution in [3.63, 3.8) is 0 Å². The van der Waals surface area contributed by atoms with E-state index < -0.39 is 0 Å². The molecule has 0 saturated carbocycles. The molecule has 0 amide bonds. The lowest BCUT2D eigenvalue weighted by Crippen LogP contribution is -2.43. The van der Waals surface area contributed by atoms with Crippen LogP contribution in [0.4, 0.5) is 5.82 Å². The third kappa shape index (κ3) is 1.80. The highest BCUT2D eigenvalue weighted by Gasteiger charge is 2.15. The Balaban J connectivity index is 2.20. The molecular weight excluding hydrogens is 178 g/mol. The normalized spacial score (nSPS) is 16.8. The van der Waals surface area contributed by atoms with Crippen LogP contribution in [0.5, 0.6) is 5.75 Å². The van der Waals surface area contributed by atoms with E-state index in [0.717, 1.165) is 24.7 Å². The van der Waals surface area contributed by atoms with Gasteiger partial charge in [0.2, 0.25) is 0 Å². The molecule has 0 radical (unpaired) electrons. The summed E-state index contributed by atoms with van der Waals surface area (Å²) >= 11 is 0. The van der Waals surface area contributed by atoms with Crippen molar-refractivity contribution in [3.05, 3.63) is 18.3 Å². The molecule has 4 heteroatoms. The minimum atomic E-state index is 0.821. The molecule has 0 spiro atoms. The van der Waals surface area contributed by atoms with E-state index in [0.29, 0.717) is 0 Å². The van der Waals surface area contributed by atoms with Gasteiger partial charge in [0, 0.05) is 19.3 Å². The smallest absolute Gasteiger partial charge is 0.185 e. The van der Waals surface area contributed by atoms with Crippen molar-refractivity contribution >= 4 is 5.82 Å². The maximum absolute atomic E-state index is 5.25. The van der Waals surface area contributed by atoms with Gasteiger partial charge in [-0.15, -0.1) is 0 Å². The third-order valence-electron chi connectivity index (χ3n) is 2.34. The predicted molar refractivity (Wildman–Crippen MR) is 55.4 cm³/mol. The van der Waals surface area contributed by atoms with Crippen LogP contribution in [0.25, 0.3) is 0 Å². The van der Waals surface area contributed by atoms with Gasteiger partial charge >= 0.3 is 0 Å². The van der Waals surface area contributed by atoms with E-state index in [9.17, 15) is 0 Å². The molecule has 1 aliphatic rings.